The number of fused-ring (bicyclic) bond motifs is 1. The highest BCUT2D eigenvalue weighted by Gasteiger charge is 2.20. The molecule has 0 amide bonds. The fourth-order valence-corrected chi connectivity index (χ4v) is 3.07. The summed E-state index contributed by atoms with van der Waals surface area (Å²) < 4.78 is 32.3. The van der Waals surface area contributed by atoms with Crippen LogP contribution in [0.25, 0.3) is 22.3 Å². The highest BCUT2D eigenvalue weighted by Crippen LogP contribution is 2.36. The zero-order chi connectivity index (χ0) is 19.8. The lowest BCUT2D eigenvalue weighted by Gasteiger charge is -2.12. The Morgan fingerprint density at radius 1 is 0.821 bits per heavy atom. The van der Waals surface area contributed by atoms with E-state index >= 15 is 0 Å². The van der Waals surface area contributed by atoms with Crippen molar-refractivity contribution in [1.82, 2.24) is 0 Å². The molecule has 0 unspecified atom stereocenters. The van der Waals surface area contributed by atoms with Crippen molar-refractivity contribution >= 4 is 11.0 Å². The summed E-state index contributed by atoms with van der Waals surface area (Å²) in [5, 5.41) is 20.0. The maximum Gasteiger partial charge on any atom is 0.201 e. The highest BCUT2D eigenvalue weighted by molar-refractivity contribution is 5.87. The number of aromatic hydroxyl groups is 2. The zero-order valence-corrected chi connectivity index (χ0v) is 14.4. The van der Waals surface area contributed by atoms with Crippen LogP contribution in [0.5, 0.6) is 11.5 Å². The molecule has 4 aromatic rings. The topological polar surface area (TPSA) is 70.7 Å². The molecule has 4 nitrogen and oxygen atoms in total. The second-order valence-electron chi connectivity index (χ2n) is 6.36. The molecule has 0 bridgehead atoms. The van der Waals surface area contributed by atoms with Gasteiger partial charge in [0.2, 0.25) is 5.75 Å². The number of halogens is 2. The summed E-state index contributed by atoms with van der Waals surface area (Å²) in [4.78, 5) is 13.1. The average Bonchev–Trinajstić information content (AvgIpc) is 2.69. The molecule has 6 heteroatoms. The van der Waals surface area contributed by atoms with Gasteiger partial charge in [-0.15, -0.1) is 0 Å². The highest BCUT2D eigenvalue weighted by atomic mass is 19.1. The lowest BCUT2D eigenvalue weighted by Crippen LogP contribution is -2.12. The largest absolute Gasteiger partial charge is 0.504 e. The molecular weight excluding hydrogens is 366 g/mol. The minimum atomic E-state index is -0.550. The van der Waals surface area contributed by atoms with Crippen molar-refractivity contribution in [3.8, 4) is 22.8 Å². The van der Waals surface area contributed by atoms with Gasteiger partial charge in [-0.25, -0.2) is 8.78 Å². The van der Waals surface area contributed by atoms with Crippen molar-refractivity contribution in [3.63, 3.8) is 0 Å². The van der Waals surface area contributed by atoms with Crippen LogP contribution in [0.1, 0.15) is 11.1 Å². The molecule has 0 spiro atoms. The van der Waals surface area contributed by atoms with Gasteiger partial charge >= 0.3 is 0 Å². The zero-order valence-electron chi connectivity index (χ0n) is 14.4. The van der Waals surface area contributed by atoms with Crippen molar-refractivity contribution in [3.05, 3.63) is 93.6 Å². The molecule has 3 aromatic carbocycles. The Bertz CT molecular complexity index is 1230. The average molecular weight is 380 g/mol. The van der Waals surface area contributed by atoms with Crippen molar-refractivity contribution in [2.75, 3.05) is 0 Å². The van der Waals surface area contributed by atoms with Crippen LogP contribution in [-0.2, 0) is 6.42 Å². The normalized spacial score (nSPS) is 11.1. The van der Waals surface area contributed by atoms with Gasteiger partial charge in [0.1, 0.15) is 17.4 Å². The molecule has 0 radical (unpaired) electrons. The Labute approximate surface area is 157 Å². The van der Waals surface area contributed by atoms with Gasteiger partial charge in [-0.05, 0) is 54.1 Å². The third-order valence-corrected chi connectivity index (χ3v) is 4.51. The maximum atomic E-state index is 13.3. The Morgan fingerprint density at radius 2 is 1.43 bits per heavy atom. The van der Waals surface area contributed by atoms with Crippen LogP contribution in [0.2, 0.25) is 0 Å². The van der Waals surface area contributed by atoms with Crippen LogP contribution >= 0.6 is 0 Å². The molecule has 2 N–H and O–H groups in total. The summed E-state index contributed by atoms with van der Waals surface area (Å²) in [6, 6.07) is 13.6. The van der Waals surface area contributed by atoms with E-state index < -0.39 is 28.6 Å². The fraction of sp³-hybridized carbons (Fsp3) is 0.0455. The SMILES string of the molecule is O=c1c(Cc2ccc(F)cc2)c(-c2ccc(F)cc2)oc2c(O)c(O)ccc12. The van der Waals surface area contributed by atoms with Gasteiger partial charge < -0.3 is 14.6 Å². The van der Waals surface area contributed by atoms with Crippen LogP contribution in [-0.4, -0.2) is 10.2 Å². The number of rotatable bonds is 3. The number of hydrogen-bond acceptors (Lipinski definition) is 4. The van der Waals surface area contributed by atoms with E-state index in [1.807, 2.05) is 0 Å². The molecular formula is C22H14F2O4. The first-order chi connectivity index (χ1) is 13.4. The van der Waals surface area contributed by atoms with Crippen molar-refractivity contribution in [2.45, 2.75) is 6.42 Å². The molecule has 1 heterocycles. The third kappa shape index (κ3) is 3.09. The second kappa shape index (κ2) is 6.81. The van der Waals surface area contributed by atoms with E-state index in [9.17, 15) is 23.8 Å². The molecule has 0 saturated carbocycles. The summed E-state index contributed by atoms with van der Waals surface area (Å²) >= 11 is 0. The van der Waals surface area contributed by atoms with Gasteiger partial charge in [0, 0.05) is 17.5 Å². The summed E-state index contributed by atoms with van der Waals surface area (Å²) in [6.07, 6.45) is 0.146. The van der Waals surface area contributed by atoms with E-state index in [1.54, 1.807) is 12.1 Å². The Hall–Kier alpha value is -3.67. The summed E-state index contributed by atoms with van der Waals surface area (Å²) in [5.41, 5.74) is 0.822. The lowest BCUT2D eigenvalue weighted by molar-refractivity contribution is 0.400. The van der Waals surface area contributed by atoms with Crippen molar-refractivity contribution in [1.29, 1.82) is 0 Å². The van der Waals surface area contributed by atoms with Crippen LogP contribution in [0.4, 0.5) is 8.78 Å². The van der Waals surface area contributed by atoms with Crippen LogP contribution < -0.4 is 5.43 Å². The maximum absolute atomic E-state index is 13.3. The number of phenolic OH excluding ortho intramolecular Hbond substituents is 2. The molecule has 4 rings (SSSR count). The van der Waals surface area contributed by atoms with E-state index in [0.717, 1.165) is 0 Å². The van der Waals surface area contributed by atoms with Crippen LogP contribution in [0, 0.1) is 11.6 Å². The van der Waals surface area contributed by atoms with Crippen molar-refractivity contribution in [2.24, 2.45) is 0 Å². The predicted octanol–water partition coefficient (Wildman–Crippen LogP) is 4.74. The fourth-order valence-electron chi connectivity index (χ4n) is 3.07. The summed E-state index contributed by atoms with van der Waals surface area (Å²) in [7, 11) is 0. The quantitative estimate of drug-likeness (QED) is 0.504. The van der Waals surface area contributed by atoms with Crippen LogP contribution in [0.3, 0.4) is 0 Å². The summed E-state index contributed by atoms with van der Waals surface area (Å²) in [6.45, 7) is 0. The molecule has 0 fully saturated rings. The second-order valence-corrected chi connectivity index (χ2v) is 6.36. The molecule has 0 atom stereocenters. The molecule has 140 valence electrons. The van der Waals surface area contributed by atoms with Gasteiger partial charge in [0.15, 0.2) is 16.8 Å². The van der Waals surface area contributed by atoms with E-state index in [2.05, 4.69) is 0 Å². The number of phenols is 2. The van der Waals surface area contributed by atoms with E-state index in [1.165, 1.54) is 48.5 Å². The van der Waals surface area contributed by atoms with E-state index in [-0.39, 0.29) is 28.7 Å². The molecule has 1 aromatic heterocycles. The molecule has 0 aliphatic carbocycles. The number of benzene rings is 3. The third-order valence-electron chi connectivity index (χ3n) is 4.51. The van der Waals surface area contributed by atoms with Crippen LogP contribution in [0.15, 0.2) is 69.9 Å². The summed E-state index contributed by atoms with van der Waals surface area (Å²) in [5.74, 6) is -1.68. The Morgan fingerprint density at radius 3 is 2.07 bits per heavy atom. The Balaban J connectivity index is 1.99. The number of hydrogen-bond donors (Lipinski definition) is 2. The molecule has 28 heavy (non-hydrogen) atoms. The monoisotopic (exact) mass is 380 g/mol. The molecule has 0 aliphatic heterocycles. The molecule has 0 aliphatic rings. The van der Waals surface area contributed by atoms with E-state index in [0.29, 0.717) is 11.1 Å². The first-order valence-electron chi connectivity index (χ1n) is 8.45. The first-order valence-corrected chi connectivity index (χ1v) is 8.45. The van der Waals surface area contributed by atoms with Gasteiger partial charge in [-0.2, -0.15) is 0 Å². The van der Waals surface area contributed by atoms with Gasteiger partial charge in [-0.3, -0.25) is 4.79 Å². The smallest absolute Gasteiger partial charge is 0.201 e. The van der Waals surface area contributed by atoms with Gasteiger partial charge in [-0.1, -0.05) is 12.1 Å². The van der Waals surface area contributed by atoms with Crippen molar-refractivity contribution < 1.29 is 23.4 Å². The first kappa shape index (κ1) is 17.7. The van der Waals surface area contributed by atoms with E-state index in [4.69, 9.17) is 4.42 Å². The minimum absolute atomic E-state index is 0.0956. The minimum Gasteiger partial charge on any atom is -0.504 e. The van der Waals surface area contributed by atoms with Gasteiger partial charge in [0.25, 0.3) is 0 Å². The lowest BCUT2D eigenvalue weighted by atomic mass is 9.98. The standard InChI is InChI=1S/C22H14F2O4/c23-14-5-1-12(2-6-14)11-17-19(26)16-9-10-18(25)20(27)22(16)28-21(17)13-3-7-15(24)8-4-13/h1-10,25,27H,11H2. The van der Waals surface area contributed by atoms with Gasteiger partial charge in [0.05, 0.1) is 5.39 Å². The Kier molecular flexibility index (Phi) is 4.31. The molecule has 0 saturated heterocycles. The predicted molar refractivity (Wildman–Crippen MR) is 100 cm³/mol.